The largest absolute Gasteiger partial charge is 0.370 e. The summed E-state index contributed by atoms with van der Waals surface area (Å²) in [6, 6.07) is 0.364. The molecule has 1 aliphatic heterocycles. The van der Waals surface area contributed by atoms with E-state index < -0.39 is 0 Å². The first-order valence-corrected chi connectivity index (χ1v) is 7.93. The van der Waals surface area contributed by atoms with Gasteiger partial charge in [0.2, 0.25) is 0 Å². The summed E-state index contributed by atoms with van der Waals surface area (Å²) in [4.78, 5) is 13.5. The highest BCUT2D eigenvalue weighted by atomic mass is 16.5. The van der Waals surface area contributed by atoms with Crippen LogP contribution in [-0.2, 0) is 9.53 Å². The van der Waals surface area contributed by atoms with Crippen molar-refractivity contribution in [3.63, 3.8) is 0 Å². The lowest BCUT2D eigenvalue weighted by atomic mass is 9.84. The van der Waals surface area contributed by atoms with Crippen molar-refractivity contribution in [2.75, 3.05) is 32.8 Å². The van der Waals surface area contributed by atoms with E-state index in [1.165, 1.54) is 30.6 Å². The molecule has 2 N–H and O–H groups in total. The van der Waals surface area contributed by atoms with Crippen molar-refractivity contribution >= 4 is 5.91 Å². The lowest BCUT2D eigenvalue weighted by Crippen LogP contribution is -3.15. The first-order chi connectivity index (χ1) is 9.22. The molecule has 108 valence electrons. The fourth-order valence-electron chi connectivity index (χ4n) is 4.38. The molecular weight excluding hydrogens is 240 g/mol. The molecule has 4 nitrogen and oxygen atoms in total. The fraction of sp³-hybridized carbons (Fsp3) is 0.933. The molecule has 0 spiro atoms. The summed E-state index contributed by atoms with van der Waals surface area (Å²) in [5.74, 6) is 2.81. The van der Waals surface area contributed by atoms with Crippen LogP contribution in [0.3, 0.4) is 0 Å². The molecule has 19 heavy (non-hydrogen) atoms. The zero-order valence-electron chi connectivity index (χ0n) is 12.0. The quantitative estimate of drug-likeness (QED) is 0.743. The van der Waals surface area contributed by atoms with E-state index in [2.05, 4.69) is 12.2 Å². The average molecular weight is 267 g/mol. The van der Waals surface area contributed by atoms with Crippen molar-refractivity contribution in [1.29, 1.82) is 0 Å². The molecule has 0 aromatic rings. The highest BCUT2D eigenvalue weighted by Gasteiger charge is 2.42. The van der Waals surface area contributed by atoms with Crippen LogP contribution in [0, 0.1) is 17.8 Å². The summed E-state index contributed by atoms with van der Waals surface area (Å²) in [6.45, 7) is 6.35. The topological polar surface area (TPSA) is 42.8 Å². The van der Waals surface area contributed by atoms with Crippen molar-refractivity contribution in [3.8, 4) is 0 Å². The van der Waals surface area contributed by atoms with Crippen molar-refractivity contribution in [3.05, 3.63) is 0 Å². The molecule has 1 heterocycles. The SMILES string of the molecule is CC(NC(=O)C[NH+]1CCOCC1)C1CC2CCC1C2. The standard InChI is InChI=1S/C15H26N2O2/c1-11(14-9-12-2-3-13(14)8-12)16-15(18)10-17-4-6-19-7-5-17/h11-14H,2-10H2,1H3,(H,16,18)/p+1. The Morgan fingerprint density at radius 3 is 2.74 bits per heavy atom. The van der Waals surface area contributed by atoms with Crippen LogP contribution in [0.25, 0.3) is 0 Å². The normalized spacial score (nSPS) is 36.4. The van der Waals surface area contributed by atoms with Gasteiger partial charge in [0.1, 0.15) is 13.1 Å². The minimum atomic E-state index is 0.229. The van der Waals surface area contributed by atoms with Gasteiger partial charge in [-0.25, -0.2) is 0 Å². The number of nitrogens with one attached hydrogen (secondary N) is 2. The maximum Gasteiger partial charge on any atom is 0.275 e. The molecular formula is C15H27N2O2+. The number of fused-ring (bicyclic) bond motifs is 2. The van der Waals surface area contributed by atoms with Gasteiger partial charge in [-0.2, -0.15) is 0 Å². The highest BCUT2D eigenvalue weighted by molar-refractivity contribution is 5.77. The van der Waals surface area contributed by atoms with Gasteiger partial charge in [-0.3, -0.25) is 4.79 Å². The van der Waals surface area contributed by atoms with Gasteiger partial charge < -0.3 is 15.0 Å². The van der Waals surface area contributed by atoms with E-state index in [1.54, 1.807) is 0 Å². The maximum absolute atomic E-state index is 12.1. The lowest BCUT2D eigenvalue weighted by Gasteiger charge is -2.29. The molecule has 1 amide bonds. The fourth-order valence-corrected chi connectivity index (χ4v) is 4.38. The van der Waals surface area contributed by atoms with E-state index in [0.717, 1.165) is 44.1 Å². The third-order valence-electron chi connectivity index (χ3n) is 5.43. The summed E-state index contributed by atoms with van der Waals surface area (Å²) in [7, 11) is 0. The minimum Gasteiger partial charge on any atom is -0.370 e. The molecule has 2 saturated carbocycles. The average Bonchev–Trinajstić information content (AvgIpc) is 3.02. The van der Waals surface area contributed by atoms with Crippen LogP contribution in [0.5, 0.6) is 0 Å². The van der Waals surface area contributed by atoms with Crippen LogP contribution in [0.15, 0.2) is 0 Å². The minimum absolute atomic E-state index is 0.229. The van der Waals surface area contributed by atoms with Crippen LogP contribution < -0.4 is 10.2 Å². The number of carbonyl (C=O) groups is 1. The van der Waals surface area contributed by atoms with E-state index in [1.807, 2.05) is 0 Å². The van der Waals surface area contributed by atoms with Crippen molar-refractivity contribution in [2.45, 2.75) is 38.6 Å². The monoisotopic (exact) mass is 267 g/mol. The van der Waals surface area contributed by atoms with Crippen LogP contribution in [-0.4, -0.2) is 44.8 Å². The number of hydrogen-bond acceptors (Lipinski definition) is 2. The second-order valence-corrected chi connectivity index (χ2v) is 6.73. The van der Waals surface area contributed by atoms with Crippen molar-refractivity contribution in [2.24, 2.45) is 17.8 Å². The molecule has 3 rings (SSSR count). The zero-order valence-corrected chi connectivity index (χ0v) is 12.0. The molecule has 3 aliphatic rings. The Labute approximate surface area is 115 Å². The Morgan fingerprint density at radius 1 is 1.32 bits per heavy atom. The Hall–Kier alpha value is -0.610. The van der Waals surface area contributed by atoms with Crippen molar-refractivity contribution < 1.29 is 14.4 Å². The molecule has 4 heteroatoms. The molecule has 2 bridgehead atoms. The Balaban J connectivity index is 1.43. The molecule has 2 aliphatic carbocycles. The highest BCUT2D eigenvalue weighted by Crippen LogP contribution is 2.49. The molecule has 4 atom stereocenters. The first kappa shape index (κ1) is 13.4. The Morgan fingerprint density at radius 2 is 2.11 bits per heavy atom. The number of amides is 1. The van der Waals surface area contributed by atoms with Crippen molar-refractivity contribution in [1.82, 2.24) is 5.32 Å². The van der Waals surface area contributed by atoms with Gasteiger partial charge in [0, 0.05) is 6.04 Å². The summed E-state index contributed by atoms with van der Waals surface area (Å²) < 4.78 is 5.32. The second kappa shape index (κ2) is 5.80. The number of rotatable bonds is 4. The second-order valence-electron chi connectivity index (χ2n) is 6.73. The molecule has 0 aromatic heterocycles. The Bertz CT molecular complexity index is 328. The zero-order chi connectivity index (χ0) is 13.2. The number of quaternary nitrogens is 1. The van der Waals surface area contributed by atoms with E-state index in [-0.39, 0.29) is 5.91 Å². The van der Waals surface area contributed by atoms with Crippen LogP contribution in [0.4, 0.5) is 0 Å². The van der Waals surface area contributed by atoms with Gasteiger partial charge in [0.25, 0.3) is 5.91 Å². The van der Waals surface area contributed by atoms with Crippen LogP contribution in [0.1, 0.15) is 32.6 Å². The summed E-state index contributed by atoms with van der Waals surface area (Å²) in [6.07, 6.45) is 5.58. The van der Waals surface area contributed by atoms with Gasteiger partial charge >= 0.3 is 0 Å². The van der Waals surface area contributed by atoms with E-state index in [9.17, 15) is 4.79 Å². The Kier molecular flexibility index (Phi) is 4.08. The van der Waals surface area contributed by atoms with Gasteiger partial charge in [-0.05, 0) is 43.9 Å². The number of hydrogen-bond donors (Lipinski definition) is 2. The smallest absolute Gasteiger partial charge is 0.275 e. The van der Waals surface area contributed by atoms with Gasteiger partial charge in [0.15, 0.2) is 6.54 Å². The summed E-state index contributed by atoms with van der Waals surface area (Å²) in [5.41, 5.74) is 0. The van der Waals surface area contributed by atoms with Gasteiger partial charge in [0.05, 0.1) is 13.2 Å². The molecule has 1 saturated heterocycles. The van der Waals surface area contributed by atoms with Crippen LogP contribution in [0.2, 0.25) is 0 Å². The number of morpholine rings is 1. The lowest BCUT2D eigenvalue weighted by molar-refractivity contribution is -0.900. The number of ether oxygens (including phenoxy) is 1. The molecule has 4 unspecified atom stereocenters. The third-order valence-corrected chi connectivity index (χ3v) is 5.43. The summed E-state index contributed by atoms with van der Waals surface area (Å²) in [5, 5.41) is 3.25. The van der Waals surface area contributed by atoms with E-state index >= 15 is 0 Å². The third kappa shape index (κ3) is 3.11. The van der Waals surface area contributed by atoms with Crippen LogP contribution >= 0.6 is 0 Å². The maximum atomic E-state index is 12.1. The number of carbonyl (C=O) groups excluding carboxylic acids is 1. The molecule has 3 fully saturated rings. The summed E-state index contributed by atoms with van der Waals surface area (Å²) >= 11 is 0. The van der Waals surface area contributed by atoms with E-state index in [0.29, 0.717) is 12.6 Å². The predicted octanol–water partition coefficient (Wildman–Crippen LogP) is -0.158. The van der Waals surface area contributed by atoms with E-state index in [4.69, 9.17) is 4.74 Å². The van der Waals surface area contributed by atoms with Gasteiger partial charge in [-0.1, -0.05) is 6.42 Å². The predicted molar refractivity (Wildman–Crippen MR) is 72.9 cm³/mol. The molecule has 0 radical (unpaired) electrons. The first-order valence-electron chi connectivity index (χ1n) is 7.93. The molecule has 0 aromatic carbocycles. The van der Waals surface area contributed by atoms with Gasteiger partial charge in [-0.15, -0.1) is 0 Å².